The second-order valence-corrected chi connectivity index (χ2v) is 3.78. The van der Waals surface area contributed by atoms with Gasteiger partial charge in [-0.05, 0) is 46.3 Å². The maximum absolute atomic E-state index is 11.9. The summed E-state index contributed by atoms with van der Waals surface area (Å²) in [6.07, 6.45) is 1.47. The van der Waals surface area contributed by atoms with Gasteiger partial charge in [0.2, 0.25) is 0 Å². The van der Waals surface area contributed by atoms with Crippen LogP contribution in [0.1, 0.15) is 15.9 Å². The van der Waals surface area contributed by atoms with Gasteiger partial charge in [-0.1, -0.05) is 0 Å². The zero-order chi connectivity index (χ0) is 10.8. The summed E-state index contributed by atoms with van der Waals surface area (Å²) < 4.78 is 5.45. The molecule has 0 bridgehead atoms. The summed E-state index contributed by atoms with van der Waals surface area (Å²) in [5.41, 5.74) is 7.28. The fourth-order valence-electron chi connectivity index (χ4n) is 1.25. The maximum atomic E-state index is 11.9. The van der Waals surface area contributed by atoms with E-state index in [1.165, 1.54) is 6.26 Å². The molecule has 0 aliphatic heterocycles. The van der Waals surface area contributed by atoms with Gasteiger partial charge >= 0.3 is 0 Å². The molecule has 0 radical (unpaired) electrons. The second-order valence-electron chi connectivity index (χ2n) is 3.06. The number of carbonyl (C=O) groups is 1. The molecule has 4 heteroatoms. The Labute approximate surface area is 95.0 Å². The summed E-state index contributed by atoms with van der Waals surface area (Å²) in [6.45, 7) is 0. The number of furan rings is 1. The van der Waals surface area contributed by atoms with E-state index in [1.54, 1.807) is 30.3 Å². The number of halogens is 1. The van der Waals surface area contributed by atoms with Crippen LogP contribution in [0.2, 0.25) is 0 Å². The van der Waals surface area contributed by atoms with Crippen LogP contribution in [0.3, 0.4) is 0 Å². The first-order valence-corrected chi connectivity index (χ1v) is 5.11. The molecule has 0 atom stereocenters. The SMILES string of the molecule is Nc1ccc(C(=O)c2ccoc2Br)cc1. The molecular weight excluding hydrogens is 258 g/mol. The molecule has 0 saturated carbocycles. The van der Waals surface area contributed by atoms with E-state index in [1.807, 2.05) is 0 Å². The molecule has 0 saturated heterocycles. The molecule has 3 nitrogen and oxygen atoms in total. The first-order chi connectivity index (χ1) is 7.18. The summed E-state index contributed by atoms with van der Waals surface area (Å²) in [6, 6.07) is 8.40. The summed E-state index contributed by atoms with van der Waals surface area (Å²) in [5, 5.41) is 0. The van der Waals surface area contributed by atoms with Gasteiger partial charge in [0.1, 0.15) is 0 Å². The van der Waals surface area contributed by atoms with Crippen molar-refractivity contribution in [3.05, 3.63) is 52.4 Å². The first kappa shape index (κ1) is 9.98. The molecule has 1 heterocycles. The molecule has 0 unspecified atom stereocenters. The first-order valence-electron chi connectivity index (χ1n) is 4.31. The summed E-state index contributed by atoms with van der Waals surface area (Å²) in [4.78, 5) is 11.9. The van der Waals surface area contributed by atoms with Gasteiger partial charge in [0.05, 0.1) is 11.8 Å². The van der Waals surface area contributed by atoms with Crippen LogP contribution >= 0.6 is 15.9 Å². The van der Waals surface area contributed by atoms with Crippen molar-refractivity contribution in [2.24, 2.45) is 0 Å². The Kier molecular flexibility index (Phi) is 2.60. The lowest BCUT2D eigenvalue weighted by atomic mass is 10.1. The zero-order valence-electron chi connectivity index (χ0n) is 7.74. The van der Waals surface area contributed by atoms with Gasteiger partial charge in [0, 0.05) is 11.3 Å². The van der Waals surface area contributed by atoms with Gasteiger partial charge in [-0.25, -0.2) is 0 Å². The lowest BCUT2D eigenvalue weighted by molar-refractivity contribution is 0.103. The standard InChI is InChI=1S/C11H8BrNO2/c12-11-9(5-6-15-11)10(14)7-1-3-8(13)4-2-7/h1-6H,13H2. The largest absolute Gasteiger partial charge is 0.457 e. The van der Waals surface area contributed by atoms with E-state index in [9.17, 15) is 4.79 Å². The number of nitrogens with two attached hydrogens (primary N) is 1. The van der Waals surface area contributed by atoms with Crippen LogP contribution in [0.15, 0.2) is 45.7 Å². The van der Waals surface area contributed by atoms with E-state index in [0.717, 1.165) is 0 Å². The van der Waals surface area contributed by atoms with Crippen molar-refractivity contribution in [2.75, 3.05) is 5.73 Å². The van der Waals surface area contributed by atoms with Crippen molar-refractivity contribution in [1.82, 2.24) is 0 Å². The lowest BCUT2D eigenvalue weighted by Crippen LogP contribution is -2.00. The average Bonchev–Trinajstić information content (AvgIpc) is 2.65. The Morgan fingerprint density at radius 1 is 1.20 bits per heavy atom. The zero-order valence-corrected chi connectivity index (χ0v) is 9.32. The van der Waals surface area contributed by atoms with Crippen molar-refractivity contribution in [2.45, 2.75) is 0 Å². The van der Waals surface area contributed by atoms with E-state index in [0.29, 0.717) is 21.5 Å². The molecular formula is C11H8BrNO2. The van der Waals surface area contributed by atoms with Crippen LogP contribution in [0, 0.1) is 0 Å². The molecule has 1 aromatic carbocycles. The van der Waals surface area contributed by atoms with Gasteiger partial charge in [0.25, 0.3) is 0 Å². The Hall–Kier alpha value is -1.55. The number of nitrogen functional groups attached to an aromatic ring is 1. The van der Waals surface area contributed by atoms with Crippen molar-refractivity contribution >= 4 is 27.4 Å². The predicted octanol–water partition coefficient (Wildman–Crippen LogP) is 2.86. The van der Waals surface area contributed by atoms with E-state index >= 15 is 0 Å². The van der Waals surface area contributed by atoms with Crippen LogP contribution in [-0.4, -0.2) is 5.78 Å². The molecule has 2 N–H and O–H groups in total. The summed E-state index contributed by atoms with van der Waals surface area (Å²) >= 11 is 3.17. The fraction of sp³-hybridized carbons (Fsp3) is 0. The smallest absolute Gasteiger partial charge is 0.197 e. The minimum atomic E-state index is -0.0874. The lowest BCUT2D eigenvalue weighted by Gasteiger charge is -1.99. The Morgan fingerprint density at radius 2 is 1.87 bits per heavy atom. The highest BCUT2D eigenvalue weighted by atomic mass is 79.9. The number of carbonyl (C=O) groups excluding carboxylic acids is 1. The normalized spacial score (nSPS) is 10.2. The highest BCUT2D eigenvalue weighted by Crippen LogP contribution is 2.21. The molecule has 0 spiro atoms. The van der Waals surface area contributed by atoms with Crippen LogP contribution in [0.25, 0.3) is 0 Å². The third-order valence-corrected chi connectivity index (χ3v) is 2.65. The molecule has 0 aliphatic carbocycles. The van der Waals surface area contributed by atoms with Gasteiger partial charge in [-0.3, -0.25) is 4.79 Å². The van der Waals surface area contributed by atoms with Gasteiger partial charge < -0.3 is 10.2 Å². The molecule has 2 aromatic rings. The Bertz CT molecular complexity index is 488. The maximum Gasteiger partial charge on any atom is 0.197 e. The monoisotopic (exact) mass is 265 g/mol. The van der Waals surface area contributed by atoms with E-state index in [-0.39, 0.29) is 5.78 Å². The number of anilines is 1. The van der Waals surface area contributed by atoms with Crippen LogP contribution in [-0.2, 0) is 0 Å². The van der Waals surface area contributed by atoms with E-state index in [2.05, 4.69) is 15.9 Å². The number of rotatable bonds is 2. The van der Waals surface area contributed by atoms with Crippen molar-refractivity contribution in [1.29, 1.82) is 0 Å². The molecule has 15 heavy (non-hydrogen) atoms. The highest BCUT2D eigenvalue weighted by Gasteiger charge is 2.14. The molecule has 76 valence electrons. The molecule has 2 rings (SSSR count). The fourth-order valence-corrected chi connectivity index (χ4v) is 1.67. The molecule has 1 aromatic heterocycles. The van der Waals surface area contributed by atoms with Crippen LogP contribution in [0.5, 0.6) is 0 Å². The topological polar surface area (TPSA) is 56.2 Å². The molecule has 0 amide bonds. The average molecular weight is 266 g/mol. The van der Waals surface area contributed by atoms with E-state index in [4.69, 9.17) is 10.2 Å². The highest BCUT2D eigenvalue weighted by molar-refractivity contribution is 9.10. The van der Waals surface area contributed by atoms with Crippen molar-refractivity contribution in [3.8, 4) is 0 Å². The number of ketones is 1. The number of benzene rings is 1. The van der Waals surface area contributed by atoms with Gasteiger partial charge in [-0.15, -0.1) is 0 Å². The summed E-state index contributed by atoms with van der Waals surface area (Å²) in [7, 11) is 0. The number of hydrogen-bond donors (Lipinski definition) is 1. The van der Waals surface area contributed by atoms with E-state index < -0.39 is 0 Å². The summed E-state index contributed by atoms with van der Waals surface area (Å²) in [5.74, 6) is -0.0874. The number of hydrogen-bond acceptors (Lipinski definition) is 3. The van der Waals surface area contributed by atoms with Crippen LogP contribution < -0.4 is 5.73 Å². The third kappa shape index (κ3) is 1.94. The quantitative estimate of drug-likeness (QED) is 0.671. The minimum absolute atomic E-state index is 0.0874. The van der Waals surface area contributed by atoms with Crippen molar-refractivity contribution < 1.29 is 9.21 Å². The minimum Gasteiger partial charge on any atom is -0.457 e. The third-order valence-electron chi connectivity index (χ3n) is 2.04. The Morgan fingerprint density at radius 3 is 2.40 bits per heavy atom. The van der Waals surface area contributed by atoms with Crippen molar-refractivity contribution in [3.63, 3.8) is 0 Å². The van der Waals surface area contributed by atoms with Gasteiger partial charge in [-0.2, -0.15) is 0 Å². The molecule has 0 fully saturated rings. The second kappa shape index (κ2) is 3.90. The molecule has 0 aliphatic rings. The predicted molar refractivity (Wildman–Crippen MR) is 60.7 cm³/mol. The van der Waals surface area contributed by atoms with Gasteiger partial charge in [0.15, 0.2) is 10.5 Å². The van der Waals surface area contributed by atoms with Crippen LogP contribution in [0.4, 0.5) is 5.69 Å². The Balaban J connectivity index is 2.37.